The second-order valence-electron chi connectivity index (χ2n) is 6.88. The van der Waals surface area contributed by atoms with Crippen LogP contribution in [0.15, 0.2) is 72.8 Å². The van der Waals surface area contributed by atoms with Gasteiger partial charge in [0.2, 0.25) is 0 Å². The molecule has 0 atom stereocenters. The summed E-state index contributed by atoms with van der Waals surface area (Å²) in [5.41, 5.74) is 5.89. The minimum Gasteiger partial charge on any atom is -0.478 e. The third-order valence-corrected chi connectivity index (χ3v) is 4.61. The summed E-state index contributed by atoms with van der Waals surface area (Å²) in [5.74, 6) is -0.909. The highest BCUT2D eigenvalue weighted by molar-refractivity contribution is 5.89. The van der Waals surface area contributed by atoms with Gasteiger partial charge in [-0.1, -0.05) is 67.9 Å². The van der Waals surface area contributed by atoms with Crippen LogP contribution in [0, 0.1) is 6.92 Å². The number of rotatable bonds is 9. The first-order valence-electron chi connectivity index (χ1n) is 10.6. The number of benzene rings is 3. The lowest BCUT2D eigenvalue weighted by Crippen LogP contribution is -2.24. The lowest BCUT2D eigenvalue weighted by atomic mass is 10.0. The summed E-state index contributed by atoms with van der Waals surface area (Å²) in [6, 6.07) is 23.7. The molecule has 4 heteroatoms. The van der Waals surface area contributed by atoms with Crippen molar-refractivity contribution in [2.45, 2.75) is 27.2 Å². The smallest absolute Gasteiger partial charge is 0.335 e. The molecule has 158 valence electrons. The molecule has 0 aliphatic rings. The van der Waals surface area contributed by atoms with Crippen LogP contribution >= 0.6 is 0 Å². The van der Waals surface area contributed by atoms with Gasteiger partial charge < -0.3 is 15.7 Å². The molecular weight excluding hydrogens is 372 g/mol. The van der Waals surface area contributed by atoms with E-state index in [1.165, 1.54) is 11.1 Å². The molecule has 3 aromatic carbocycles. The maximum atomic E-state index is 11.2. The van der Waals surface area contributed by atoms with Crippen molar-refractivity contribution in [2.75, 3.05) is 25.0 Å². The number of hydrogen-bond acceptors (Lipinski definition) is 3. The van der Waals surface area contributed by atoms with Crippen LogP contribution in [-0.4, -0.2) is 30.7 Å². The molecule has 0 unspecified atom stereocenters. The molecule has 30 heavy (non-hydrogen) atoms. The summed E-state index contributed by atoms with van der Waals surface area (Å²) in [7, 11) is 0. The average molecular weight is 405 g/mol. The molecule has 0 aliphatic heterocycles. The predicted octanol–water partition coefficient (Wildman–Crippen LogP) is 5.63. The van der Waals surface area contributed by atoms with Crippen molar-refractivity contribution in [1.82, 2.24) is 5.32 Å². The van der Waals surface area contributed by atoms with Gasteiger partial charge in [0.05, 0.1) is 5.56 Å². The molecule has 3 rings (SSSR count). The van der Waals surface area contributed by atoms with Crippen LogP contribution in [0.1, 0.15) is 35.3 Å². The number of carboxylic acids is 1. The predicted molar refractivity (Wildman–Crippen MR) is 126 cm³/mol. The molecule has 4 nitrogen and oxygen atoms in total. The highest BCUT2D eigenvalue weighted by Crippen LogP contribution is 2.23. The molecule has 0 amide bonds. The average Bonchev–Trinajstić information content (AvgIpc) is 2.78. The summed E-state index contributed by atoms with van der Waals surface area (Å²) in [6.07, 6.45) is 1.02. The van der Waals surface area contributed by atoms with E-state index in [2.05, 4.69) is 41.8 Å². The summed E-state index contributed by atoms with van der Waals surface area (Å²) < 4.78 is 0. The fraction of sp³-hybridized carbons (Fsp3) is 0.269. The second-order valence-corrected chi connectivity index (χ2v) is 6.88. The summed E-state index contributed by atoms with van der Waals surface area (Å²) >= 11 is 0. The highest BCUT2D eigenvalue weighted by Gasteiger charge is 2.05. The standard InChI is InChI=1S/C24H26N2O2.C2H6/c1-18-5-2-6-19(15-18)11-12-25-13-14-26-23-10-4-8-21(17-23)20-7-3-9-22(16-20)24(27)28;1-2/h2-10,15-17,25-26H,11-14H2,1H3,(H,27,28);1-2H3. The maximum absolute atomic E-state index is 11.2. The van der Waals surface area contributed by atoms with Gasteiger partial charge in [-0.2, -0.15) is 0 Å². The lowest BCUT2D eigenvalue weighted by Gasteiger charge is -2.10. The van der Waals surface area contributed by atoms with Crippen LogP contribution in [0.4, 0.5) is 5.69 Å². The zero-order valence-electron chi connectivity index (χ0n) is 18.1. The first kappa shape index (κ1) is 23.2. The van der Waals surface area contributed by atoms with Crippen LogP contribution in [0.3, 0.4) is 0 Å². The minimum atomic E-state index is -0.909. The number of anilines is 1. The van der Waals surface area contributed by atoms with Crippen molar-refractivity contribution in [3.05, 3.63) is 89.5 Å². The molecule has 0 bridgehead atoms. The first-order chi connectivity index (χ1) is 14.6. The van der Waals surface area contributed by atoms with Crippen molar-refractivity contribution < 1.29 is 9.90 Å². The number of aromatic carboxylic acids is 1. The molecule has 0 heterocycles. The lowest BCUT2D eigenvalue weighted by molar-refractivity contribution is 0.0697. The Kier molecular flexibility index (Phi) is 9.62. The largest absolute Gasteiger partial charge is 0.478 e. The van der Waals surface area contributed by atoms with Gasteiger partial charge in [-0.25, -0.2) is 4.79 Å². The summed E-state index contributed by atoms with van der Waals surface area (Å²) in [4.78, 5) is 11.2. The molecule has 0 spiro atoms. The molecule has 0 saturated carbocycles. The van der Waals surface area contributed by atoms with Gasteiger partial charge in [0, 0.05) is 18.8 Å². The van der Waals surface area contributed by atoms with E-state index in [0.717, 1.165) is 42.9 Å². The van der Waals surface area contributed by atoms with Crippen molar-refractivity contribution in [3.8, 4) is 11.1 Å². The third-order valence-electron chi connectivity index (χ3n) is 4.61. The van der Waals surface area contributed by atoms with Gasteiger partial charge in [0.25, 0.3) is 0 Å². The number of carboxylic acid groups (broad SMARTS) is 1. The van der Waals surface area contributed by atoms with E-state index in [1.807, 2.05) is 44.2 Å². The van der Waals surface area contributed by atoms with Crippen LogP contribution in [0.5, 0.6) is 0 Å². The zero-order chi connectivity index (χ0) is 21.8. The fourth-order valence-electron chi connectivity index (χ4n) is 3.16. The van der Waals surface area contributed by atoms with Crippen LogP contribution in [0.2, 0.25) is 0 Å². The van der Waals surface area contributed by atoms with Gasteiger partial charge in [-0.3, -0.25) is 0 Å². The second kappa shape index (κ2) is 12.5. The van der Waals surface area contributed by atoms with E-state index >= 15 is 0 Å². The molecule has 3 aromatic rings. The molecule has 0 radical (unpaired) electrons. The van der Waals surface area contributed by atoms with Crippen molar-refractivity contribution >= 4 is 11.7 Å². The Bertz CT molecular complexity index is 938. The number of hydrogen-bond donors (Lipinski definition) is 3. The van der Waals surface area contributed by atoms with Crippen molar-refractivity contribution in [3.63, 3.8) is 0 Å². The Balaban J connectivity index is 0.00000155. The molecule has 0 fully saturated rings. The Hall–Kier alpha value is -3.11. The number of aryl methyl sites for hydroxylation is 1. The van der Waals surface area contributed by atoms with Gasteiger partial charge in [-0.05, 0) is 60.8 Å². The zero-order valence-corrected chi connectivity index (χ0v) is 18.1. The SMILES string of the molecule is CC.Cc1cccc(CCNCCNc2cccc(-c3cccc(C(=O)O)c3)c2)c1. The Morgan fingerprint density at radius 3 is 2.27 bits per heavy atom. The molecule has 0 saturated heterocycles. The number of carbonyl (C=O) groups is 1. The van der Waals surface area contributed by atoms with Gasteiger partial charge >= 0.3 is 5.97 Å². The van der Waals surface area contributed by atoms with E-state index in [4.69, 9.17) is 5.11 Å². The van der Waals surface area contributed by atoms with E-state index in [-0.39, 0.29) is 0 Å². The molecule has 3 N–H and O–H groups in total. The fourth-order valence-corrected chi connectivity index (χ4v) is 3.16. The monoisotopic (exact) mass is 404 g/mol. The first-order valence-corrected chi connectivity index (χ1v) is 10.6. The van der Waals surface area contributed by atoms with E-state index in [1.54, 1.807) is 18.2 Å². The minimum absolute atomic E-state index is 0.300. The summed E-state index contributed by atoms with van der Waals surface area (Å²) in [6.45, 7) is 8.77. The Labute approximate surface area is 180 Å². The normalized spacial score (nSPS) is 10.1. The van der Waals surface area contributed by atoms with Gasteiger partial charge in [-0.15, -0.1) is 0 Å². The van der Waals surface area contributed by atoms with Crippen LogP contribution in [-0.2, 0) is 6.42 Å². The molecular formula is C26H32N2O2. The Morgan fingerprint density at radius 1 is 0.833 bits per heavy atom. The van der Waals surface area contributed by atoms with E-state index < -0.39 is 5.97 Å². The maximum Gasteiger partial charge on any atom is 0.335 e. The molecule has 0 aliphatic carbocycles. The van der Waals surface area contributed by atoms with E-state index in [0.29, 0.717) is 5.56 Å². The topological polar surface area (TPSA) is 61.4 Å². The Morgan fingerprint density at radius 2 is 1.53 bits per heavy atom. The quantitative estimate of drug-likeness (QED) is 0.405. The number of nitrogens with one attached hydrogen (secondary N) is 2. The van der Waals surface area contributed by atoms with E-state index in [9.17, 15) is 4.79 Å². The van der Waals surface area contributed by atoms with Gasteiger partial charge in [0.1, 0.15) is 0 Å². The van der Waals surface area contributed by atoms with Crippen molar-refractivity contribution in [1.29, 1.82) is 0 Å². The highest BCUT2D eigenvalue weighted by atomic mass is 16.4. The molecule has 0 aromatic heterocycles. The third kappa shape index (κ3) is 7.37. The summed E-state index contributed by atoms with van der Waals surface area (Å²) in [5, 5.41) is 16.0. The van der Waals surface area contributed by atoms with Crippen LogP contribution < -0.4 is 10.6 Å². The van der Waals surface area contributed by atoms with Crippen LogP contribution in [0.25, 0.3) is 11.1 Å². The van der Waals surface area contributed by atoms with Gasteiger partial charge in [0.15, 0.2) is 0 Å². The van der Waals surface area contributed by atoms with Crippen molar-refractivity contribution in [2.24, 2.45) is 0 Å².